The SMILES string of the molecule is CSc1ccc(C(=O)CCC(=O)OCC(=O)Nc2cc([N+](=O)[O-])ccc2C)cc1. The van der Waals surface area contributed by atoms with Crippen molar-refractivity contribution in [1.29, 1.82) is 0 Å². The van der Waals surface area contributed by atoms with E-state index in [2.05, 4.69) is 5.32 Å². The molecule has 29 heavy (non-hydrogen) atoms. The molecule has 2 aromatic carbocycles. The van der Waals surface area contributed by atoms with E-state index in [1.54, 1.807) is 30.8 Å². The van der Waals surface area contributed by atoms with E-state index in [1.165, 1.54) is 18.2 Å². The predicted octanol–water partition coefficient (Wildman–Crippen LogP) is 3.77. The third-order valence-electron chi connectivity index (χ3n) is 4.04. The number of benzene rings is 2. The number of nitro groups is 1. The van der Waals surface area contributed by atoms with Gasteiger partial charge in [-0.2, -0.15) is 0 Å². The van der Waals surface area contributed by atoms with Gasteiger partial charge in [-0.1, -0.05) is 18.2 Å². The summed E-state index contributed by atoms with van der Waals surface area (Å²) >= 11 is 1.56. The Morgan fingerprint density at radius 1 is 1.10 bits per heavy atom. The molecule has 0 saturated heterocycles. The number of amides is 1. The first-order valence-corrected chi connectivity index (χ1v) is 9.90. The number of hydrogen-bond acceptors (Lipinski definition) is 7. The molecule has 0 heterocycles. The number of nitrogens with one attached hydrogen (secondary N) is 1. The zero-order valence-corrected chi connectivity index (χ0v) is 16.8. The first-order chi connectivity index (χ1) is 13.8. The Bertz CT molecular complexity index is 927. The minimum Gasteiger partial charge on any atom is -0.456 e. The van der Waals surface area contributed by atoms with Crippen LogP contribution in [-0.2, 0) is 14.3 Å². The van der Waals surface area contributed by atoms with E-state index in [0.29, 0.717) is 11.1 Å². The molecule has 1 N–H and O–H groups in total. The van der Waals surface area contributed by atoms with Gasteiger partial charge in [-0.05, 0) is 30.9 Å². The van der Waals surface area contributed by atoms with Crippen LogP contribution >= 0.6 is 11.8 Å². The van der Waals surface area contributed by atoms with E-state index in [0.717, 1.165) is 4.90 Å². The number of carbonyl (C=O) groups is 3. The molecular formula is C20H20N2O6S. The number of hydrogen-bond donors (Lipinski definition) is 1. The molecule has 0 unspecified atom stereocenters. The van der Waals surface area contributed by atoms with Crippen LogP contribution in [0.1, 0.15) is 28.8 Å². The quantitative estimate of drug-likeness (QED) is 0.217. The Hall–Kier alpha value is -3.20. The molecule has 1 amide bonds. The zero-order chi connectivity index (χ0) is 21.4. The normalized spacial score (nSPS) is 10.3. The first kappa shape index (κ1) is 22.1. The fraction of sp³-hybridized carbons (Fsp3) is 0.250. The van der Waals surface area contributed by atoms with Crippen molar-refractivity contribution in [2.75, 3.05) is 18.2 Å². The van der Waals surface area contributed by atoms with Crippen LogP contribution in [0.3, 0.4) is 0 Å². The Morgan fingerprint density at radius 3 is 2.41 bits per heavy atom. The van der Waals surface area contributed by atoms with E-state index < -0.39 is 23.4 Å². The van der Waals surface area contributed by atoms with Crippen LogP contribution in [0.4, 0.5) is 11.4 Å². The molecule has 0 saturated carbocycles. The van der Waals surface area contributed by atoms with Crippen molar-refractivity contribution in [2.45, 2.75) is 24.7 Å². The number of nitro benzene ring substituents is 1. The molecule has 0 fully saturated rings. The number of Topliss-reactive ketones (excluding diaryl/α,β-unsaturated/α-hetero) is 1. The molecule has 9 heteroatoms. The highest BCUT2D eigenvalue weighted by Gasteiger charge is 2.14. The molecule has 0 bridgehead atoms. The lowest BCUT2D eigenvalue weighted by Crippen LogP contribution is -2.21. The summed E-state index contributed by atoms with van der Waals surface area (Å²) in [5, 5.41) is 13.3. The number of ether oxygens (including phenoxy) is 1. The van der Waals surface area contributed by atoms with Crippen LogP contribution in [0, 0.1) is 17.0 Å². The van der Waals surface area contributed by atoms with Crippen LogP contribution in [-0.4, -0.2) is 35.4 Å². The lowest BCUT2D eigenvalue weighted by atomic mass is 10.1. The number of nitrogens with zero attached hydrogens (tertiary/aromatic N) is 1. The van der Waals surface area contributed by atoms with Gasteiger partial charge in [-0.25, -0.2) is 0 Å². The average Bonchev–Trinajstić information content (AvgIpc) is 2.72. The van der Waals surface area contributed by atoms with Gasteiger partial charge in [0.2, 0.25) is 0 Å². The second kappa shape index (κ2) is 10.4. The number of esters is 1. The Morgan fingerprint density at radius 2 is 1.79 bits per heavy atom. The summed E-state index contributed by atoms with van der Waals surface area (Å²) in [7, 11) is 0. The van der Waals surface area contributed by atoms with Gasteiger partial charge >= 0.3 is 5.97 Å². The molecule has 0 atom stereocenters. The Balaban J connectivity index is 1.79. The molecule has 2 rings (SSSR count). The fourth-order valence-electron chi connectivity index (χ4n) is 2.40. The summed E-state index contributed by atoms with van der Waals surface area (Å²) < 4.78 is 4.88. The van der Waals surface area contributed by atoms with Crippen molar-refractivity contribution in [3.8, 4) is 0 Å². The second-order valence-corrected chi connectivity index (χ2v) is 7.00. The molecular weight excluding hydrogens is 396 g/mol. The van der Waals surface area contributed by atoms with Crippen molar-refractivity contribution in [3.05, 3.63) is 63.7 Å². The third kappa shape index (κ3) is 6.72. The van der Waals surface area contributed by atoms with Crippen molar-refractivity contribution in [2.24, 2.45) is 0 Å². The minimum absolute atomic E-state index is 0.0247. The predicted molar refractivity (Wildman–Crippen MR) is 109 cm³/mol. The summed E-state index contributed by atoms with van der Waals surface area (Å²) in [5.41, 5.74) is 1.25. The lowest BCUT2D eigenvalue weighted by Gasteiger charge is -2.09. The molecule has 0 aliphatic carbocycles. The zero-order valence-electron chi connectivity index (χ0n) is 16.0. The van der Waals surface area contributed by atoms with Gasteiger partial charge in [-0.3, -0.25) is 24.5 Å². The molecule has 0 aromatic heterocycles. The maximum absolute atomic E-state index is 12.1. The van der Waals surface area contributed by atoms with Crippen LogP contribution in [0.25, 0.3) is 0 Å². The summed E-state index contributed by atoms with van der Waals surface area (Å²) in [5.74, 6) is -1.49. The van der Waals surface area contributed by atoms with Gasteiger partial charge in [0, 0.05) is 29.0 Å². The van der Waals surface area contributed by atoms with Gasteiger partial charge in [0.25, 0.3) is 11.6 Å². The van der Waals surface area contributed by atoms with Crippen molar-refractivity contribution < 1.29 is 24.0 Å². The first-order valence-electron chi connectivity index (χ1n) is 8.68. The summed E-state index contributed by atoms with van der Waals surface area (Å²) in [6.45, 7) is 1.14. The second-order valence-electron chi connectivity index (χ2n) is 6.12. The monoisotopic (exact) mass is 416 g/mol. The largest absolute Gasteiger partial charge is 0.456 e. The van der Waals surface area contributed by atoms with E-state index >= 15 is 0 Å². The smallest absolute Gasteiger partial charge is 0.306 e. The van der Waals surface area contributed by atoms with E-state index in [9.17, 15) is 24.5 Å². The van der Waals surface area contributed by atoms with Crippen LogP contribution in [0.15, 0.2) is 47.4 Å². The summed E-state index contributed by atoms with van der Waals surface area (Å²) in [6.07, 6.45) is 1.76. The number of thioether (sulfide) groups is 1. The maximum Gasteiger partial charge on any atom is 0.306 e. The van der Waals surface area contributed by atoms with Crippen molar-refractivity contribution >= 4 is 40.8 Å². The number of non-ortho nitro benzene ring substituents is 1. The number of rotatable bonds is 9. The van der Waals surface area contributed by atoms with Gasteiger partial charge in [0.05, 0.1) is 17.0 Å². The van der Waals surface area contributed by atoms with E-state index in [4.69, 9.17) is 4.74 Å². The average molecular weight is 416 g/mol. The summed E-state index contributed by atoms with van der Waals surface area (Å²) in [4.78, 5) is 47.1. The van der Waals surface area contributed by atoms with Crippen LogP contribution in [0.5, 0.6) is 0 Å². The van der Waals surface area contributed by atoms with Gasteiger partial charge < -0.3 is 10.1 Å². The number of anilines is 1. The third-order valence-corrected chi connectivity index (χ3v) is 4.78. The van der Waals surface area contributed by atoms with Crippen LogP contribution in [0.2, 0.25) is 0 Å². The van der Waals surface area contributed by atoms with Gasteiger partial charge in [0.1, 0.15) is 0 Å². The fourth-order valence-corrected chi connectivity index (χ4v) is 2.81. The number of aryl methyl sites for hydroxylation is 1. The molecule has 152 valence electrons. The van der Waals surface area contributed by atoms with Gasteiger partial charge in [0.15, 0.2) is 12.4 Å². The highest BCUT2D eigenvalue weighted by Crippen LogP contribution is 2.21. The molecule has 0 aliphatic rings. The van der Waals surface area contributed by atoms with E-state index in [1.807, 2.05) is 18.4 Å². The molecule has 2 aromatic rings. The topological polar surface area (TPSA) is 116 Å². The molecule has 0 spiro atoms. The van der Waals surface area contributed by atoms with Gasteiger partial charge in [-0.15, -0.1) is 11.8 Å². The summed E-state index contributed by atoms with van der Waals surface area (Å²) in [6, 6.07) is 11.1. The Kier molecular flexibility index (Phi) is 7.90. The highest BCUT2D eigenvalue weighted by atomic mass is 32.2. The molecule has 0 radical (unpaired) electrons. The number of carbonyl (C=O) groups excluding carboxylic acids is 3. The van der Waals surface area contributed by atoms with Crippen LogP contribution < -0.4 is 5.32 Å². The van der Waals surface area contributed by atoms with E-state index in [-0.39, 0.29) is 30.0 Å². The minimum atomic E-state index is -0.676. The standard InChI is InChI=1S/C20H20N2O6S/c1-13-3-6-15(22(26)27)11-17(13)21-19(24)12-28-20(25)10-9-18(23)14-4-7-16(29-2)8-5-14/h3-8,11H,9-10,12H2,1-2H3,(H,21,24). The molecule has 8 nitrogen and oxygen atoms in total. The number of ketones is 1. The van der Waals surface area contributed by atoms with Crippen molar-refractivity contribution in [1.82, 2.24) is 0 Å². The molecule has 0 aliphatic heterocycles. The van der Waals surface area contributed by atoms with Crippen molar-refractivity contribution in [3.63, 3.8) is 0 Å². The highest BCUT2D eigenvalue weighted by molar-refractivity contribution is 7.98. The maximum atomic E-state index is 12.1. The Labute approximate surface area is 171 Å². The lowest BCUT2D eigenvalue weighted by molar-refractivity contribution is -0.384.